The van der Waals surface area contributed by atoms with E-state index in [0.29, 0.717) is 5.02 Å². The Morgan fingerprint density at radius 2 is 1.93 bits per heavy atom. The third-order valence-corrected chi connectivity index (χ3v) is 5.11. The summed E-state index contributed by atoms with van der Waals surface area (Å²) in [5.74, 6) is -0.0879. The minimum atomic E-state index is -0.734. The zero-order valence-corrected chi connectivity index (χ0v) is 17.3. The summed E-state index contributed by atoms with van der Waals surface area (Å²) in [4.78, 5) is 24.8. The van der Waals surface area contributed by atoms with E-state index in [1.54, 1.807) is 12.1 Å². The van der Waals surface area contributed by atoms with Crippen molar-refractivity contribution >= 4 is 40.1 Å². The fourth-order valence-electron chi connectivity index (χ4n) is 2.57. The van der Waals surface area contributed by atoms with Crippen molar-refractivity contribution < 1.29 is 18.7 Å². The van der Waals surface area contributed by atoms with Gasteiger partial charge >= 0.3 is 5.97 Å². The molecule has 8 heteroatoms. The average Bonchev–Trinajstić information content (AvgIpc) is 2.70. The molecule has 6 nitrogen and oxygen atoms in total. The first kappa shape index (κ1) is 21.2. The van der Waals surface area contributed by atoms with Gasteiger partial charge in [-0.2, -0.15) is 0 Å². The first-order chi connectivity index (χ1) is 13.8. The standard InChI is InChI=1S/C21H19Cl2NO5/c1-3-11(2)19(24)21(26)28-13-5-6-14-17(9-13)27-10-18(20(14)25)29-16-7-4-12(22)8-15(16)23/h4-11,19H,3,24H2,1-2H3/t11-,19-/m0/s1. The molecule has 3 aromatic rings. The summed E-state index contributed by atoms with van der Waals surface area (Å²) >= 11 is 11.9. The molecule has 1 heterocycles. The Morgan fingerprint density at radius 1 is 1.17 bits per heavy atom. The van der Waals surface area contributed by atoms with E-state index in [0.717, 1.165) is 6.42 Å². The molecule has 0 aliphatic heterocycles. The number of hydrogen-bond donors (Lipinski definition) is 1. The van der Waals surface area contributed by atoms with Crippen LogP contribution >= 0.6 is 23.2 Å². The topological polar surface area (TPSA) is 91.8 Å². The molecular formula is C21H19Cl2NO5. The largest absolute Gasteiger partial charge is 0.460 e. The van der Waals surface area contributed by atoms with Crippen molar-refractivity contribution in [2.24, 2.45) is 11.7 Å². The molecule has 2 atom stereocenters. The Bertz CT molecular complexity index is 1110. The molecule has 0 amide bonds. The summed E-state index contributed by atoms with van der Waals surface area (Å²) in [6.07, 6.45) is 1.93. The van der Waals surface area contributed by atoms with Crippen LogP contribution in [0.5, 0.6) is 17.2 Å². The molecule has 0 saturated carbocycles. The van der Waals surface area contributed by atoms with E-state index in [-0.39, 0.29) is 39.2 Å². The van der Waals surface area contributed by atoms with E-state index < -0.39 is 17.4 Å². The van der Waals surface area contributed by atoms with Gasteiger partial charge in [-0.15, -0.1) is 0 Å². The predicted molar refractivity (Wildman–Crippen MR) is 112 cm³/mol. The third-order valence-electron chi connectivity index (χ3n) is 4.58. The van der Waals surface area contributed by atoms with Crippen molar-refractivity contribution in [1.82, 2.24) is 0 Å². The fourth-order valence-corrected chi connectivity index (χ4v) is 3.02. The quantitative estimate of drug-likeness (QED) is 0.423. The van der Waals surface area contributed by atoms with Crippen LogP contribution in [0.3, 0.4) is 0 Å². The van der Waals surface area contributed by atoms with Gasteiger partial charge in [0.25, 0.3) is 0 Å². The average molecular weight is 436 g/mol. The Balaban J connectivity index is 1.85. The van der Waals surface area contributed by atoms with E-state index in [2.05, 4.69) is 0 Å². The smallest absolute Gasteiger partial charge is 0.328 e. The van der Waals surface area contributed by atoms with Gasteiger partial charge in [0.1, 0.15) is 29.4 Å². The van der Waals surface area contributed by atoms with Crippen molar-refractivity contribution in [2.75, 3.05) is 0 Å². The lowest BCUT2D eigenvalue weighted by molar-refractivity contribution is -0.137. The van der Waals surface area contributed by atoms with Crippen LogP contribution in [0, 0.1) is 5.92 Å². The van der Waals surface area contributed by atoms with Crippen LogP contribution in [-0.4, -0.2) is 12.0 Å². The van der Waals surface area contributed by atoms with Crippen molar-refractivity contribution in [2.45, 2.75) is 26.3 Å². The third kappa shape index (κ3) is 4.72. The van der Waals surface area contributed by atoms with E-state index in [1.165, 1.54) is 30.5 Å². The normalized spacial score (nSPS) is 13.1. The maximum atomic E-state index is 12.7. The number of fused-ring (bicyclic) bond motifs is 1. The van der Waals surface area contributed by atoms with Crippen molar-refractivity contribution in [3.8, 4) is 17.2 Å². The highest BCUT2D eigenvalue weighted by Gasteiger charge is 2.22. The van der Waals surface area contributed by atoms with Gasteiger partial charge in [0, 0.05) is 11.1 Å². The molecule has 0 bridgehead atoms. The van der Waals surface area contributed by atoms with E-state index >= 15 is 0 Å². The summed E-state index contributed by atoms with van der Waals surface area (Å²) in [5, 5.41) is 0.971. The lowest BCUT2D eigenvalue weighted by Crippen LogP contribution is -2.39. The molecule has 0 aliphatic carbocycles. The maximum absolute atomic E-state index is 12.7. The highest BCUT2D eigenvalue weighted by atomic mass is 35.5. The number of esters is 1. The fraction of sp³-hybridized carbons (Fsp3) is 0.238. The van der Waals surface area contributed by atoms with Gasteiger partial charge in [0.2, 0.25) is 11.2 Å². The number of halogens is 2. The lowest BCUT2D eigenvalue weighted by atomic mass is 10.0. The Hall–Kier alpha value is -2.54. The molecule has 0 unspecified atom stereocenters. The molecule has 0 aliphatic rings. The Labute approximate surface area is 177 Å². The van der Waals surface area contributed by atoms with Crippen molar-refractivity contribution in [3.63, 3.8) is 0 Å². The van der Waals surface area contributed by atoms with Crippen LogP contribution in [0.15, 0.2) is 51.9 Å². The molecule has 3 rings (SSSR count). The number of hydrogen-bond acceptors (Lipinski definition) is 6. The zero-order chi connectivity index (χ0) is 21.1. The zero-order valence-electron chi connectivity index (χ0n) is 15.8. The van der Waals surface area contributed by atoms with Crippen molar-refractivity contribution in [3.05, 3.63) is 62.9 Å². The second kappa shape index (κ2) is 8.86. The molecular weight excluding hydrogens is 417 g/mol. The highest BCUT2D eigenvalue weighted by Crippen LogP contribution is 2.31. The number of rotatable bonds is 6. The molecule has 2 aromatic carbocycles. The second-order valence-electron chi connectivity index (χ2n) is 6.60. The van der Waals surface area contributed by atoms with Gasteiger partial charge in [0.05, 0.1) is 10.4 Å². The predicted octanol–water partition coefficient (Wildman–Crippen LogP) is 5.17. The van der Waals surface area contributed by atoms with Crippen LogP contribution in [0.1, 0.15) is 20.3 Å². The minimum Gasteiger partial charge on any atom is -0.460 e. The summed E-state index contributed by atoms with van der Waals surface area (Å²) in [5.41, 5.74) is 5.73. The molecule has 0 spiro atoms. The monoisotopic (exact) mass is 435 g/mol. The van der Waals surface area contributed by atoms with E-state index in [1.807, 2.05) is 13.8 Å². The lowest BCUT2D eigenvalue weighted by Gasteiger charge is -2.16. The highest BCUT2D eigenvalue weighted by molar-refractivity contribution is 6.35. The molecule has 1 aromatic heterocycles. The van der Waals surface area contributed by atoms with Crippen LogP contribution in [-0.2, 0) is 4.79 Å². The van der Waals surface area contributed by atoms with Gasteiger partial charge in [-0.05, 0) is 36.2 Å². The van der Waals surface area contributed by atoms with Gasteiger partial charge in [-0.25, -0.2) is 4.79 Å². The molecule has 152 valence electrons. The van der Waals surface area contributed by atoms with E-state index in [4.69, 9.17) is 42.8 Å². The Kier molecular flexibility index (Phi) is 6.47. The summed E-state index contributed by atoms with van der Waals surface area (Å²) in [6.45, 7) is 3.82. The number of carbonyl (C=O) groups is 1. The van der Waals surface area contributed by atoms with Crippen LogP contribution in [0.4, 0.5) is 0 Å². The number of ether oxygens (including phenoxy) is 2. The Morgan fingerprint density at radius 3 is 2.62 bits per heavy atom. The number of carbonyl (C=O) groups excluding carboxylic acids is 1. The number of nitrogens with two attached hydrogens (primary N) is 1. The number of benzene rings is 2. The molecule has 0 saturated heterocycles. The van der Waals surface area contributed by atoms with Gasteiger partial charge < -0.3 is 19.6 Å². The SMILES string of the molecule is CC[C@H](C)[C@H](N)C(=O)Oc1ccc2c(=O)c(Oc3ccc(Cl)cc3Cl)coc2c1. The van der Waals surface area contributed by atoms with Crippen LogP contribution < -0.4 is 20.6 Å². The second-order valence-corrected chi connectivity index (χ2v) is 7.44. The molecule has 0 fully saturated rings. The van der Waals surface area contributed by atoms with E-state index in [9.17, 15) is 9.59 Å². The van der Waals surface area contributed by atoms with Crippen LogP contribution in [0.25, 0.3) is 11.0 Å². The van der Waals surface area contributed by atoms with Gasteiger partial charge in [-0.3, -0.25) is 4.79 Å². The minimum absolute atomic E-state index is 0.0136. The molecule has 2 N–H and O–H groups in total. The first-order valence-corrected chi connectivity index (χ1v) is 9.71. The van der Waals surface area contributed by atoms with Gasteiger partial charge in [0.15, 0.2) is 0 Å². The first-order valence-electron chi connectivity index (χ1n) is 8.96. The van der Waals surface area contributed by atoms with Crippen molar-refractivity contribution in [1.29, 1.82) is 0 Å². The van der Waals surface area contributed by atoms with Gasteiger partial charge in [-0.1, -0.05) is 43.5 Å². The van der Waals surface area contributed by atoms with Crippen LogP contribution in [0.2, 0.25) is 10.0 Å². The maximum Gasteiger partial charge on any atom is 0.328 e. The summed E-state index contributed by atoms with van der Waals surface area (Å²) in [6, 6.07) is 8.37. The summed E-state index contributed by atoms with van der Waals surface area (Å²) in [7, 11) is 0. The molecule has 0 radical (unpaired) electrons. The molecule has 29 heavy (non-hydrogen) atoms. The summed E-state index contributed by atoms with van der Waals surface area (Å²) < 4.78 is 16.4.